The number of carbonyl (C=O) groups excluding carboxylic acids is 1. The normalized spacial score (nSPS) is 11.2. The number of ether oxygens (including phenoxy) is 1. The molecule has 0 unspecified atom stereocenters. The smallest absolute Gasteiger partial charge is 0.244 e. The van der Waals surface area contributed by atoms with Crippen molar-refractivity contribution in [2.45, 2.75) is 52.0 Å². The largest absolute Gasteiger partial charge is 0.496 e. The van der Waals surface area contributed by atoms with E-state index in [0.717, 1.165) is 17.7 Å². The SMILES string of the molecule is CCCCCCC/C=C/C=C/C(=O)NCc1ccccc1OC. The van der Waals surface area contributed by atoms with E-state index < -0.39 is 0 Å². The van der Waals surface area contributed by atoms with Crippen LogP contribution in [0.4, 0.5) is 0 Å². The Hall–Kier alpha value is -2.03. The molecule has 0 heterocycles. The third kappa shape index (κ3) is 8.87. The first-order valence-corrected chi connectivity index (χ1v) is 8.50. The van der Waals surface area contributed by atoms with E-state index in [2.05, 4.69) is 18.3 Å². The molecule has 0 aromatic heterocycles. The van der Waals surface area contributed by atoms with Crippen molar-refractivity contribution in [3.63, 3.8) is 0 Å². The molecule has 1 rings (SSSR count). The lowest BCUT2D eigenvalue weighted by Gasteiger charge is -2.07. The van der Waals surface area contributed by atoms with Gasteiger partial charge in [0.1, 0.15) is 5.75 Å². The van der Waals surface area contributed by atoms with Crippen LogP contribution in [-0.4, -0.2) is 13.0 Å². The second-order valence-corrected chi connectivity index (χ2v) is 5.52. The standard InChI is InChI=1S/C20H29NO2/c1-3-4-5-6-7-8-9-10-11-16-20(22)21-17-18-14-12-13-15-19(18)23-2/h9-16H,3-8,17H2,1-2H3,(H,21,22)/b10-9+,16-11+. The van der Waals surface area contributed by atoms with E-state index in [1.165, 1.54) is 32.1 Å². The Labute approximate surface area is 140 Å². The van der Waals surface area contributed by atoms with Gasteiger partial charge < -0.3 is 10.1 Å². The van der Waals surface area contributed by atoms with Gasteiger partial charge in [-0.1, -0.05) is 69.0 Å². The molecule has 0 aliphatic rings. The zero-order chi connectivity index (χ0) is 16.8. The summed E-state index contributed by atoms with van der Waals surface area (Å²) in [5, 5.41) is 2.86. The summed E-state index contributed by atoms with van der Waals surface area (Å²) in [6.07, 6.45) is 15.0. The van der Waals surface area contributed by atoms with Gasteiger partial charge in [-0.2, -0.15) is 0 Å². The van der Waals surface area contributed by atoms with Crippen LogP contribution >= 0.6 is 0 Å². The lowest BCUT2D eigenvalue weighted by molar-refractivity contribution is -0.116. The van der Waals surface area contributed by atoms with Crippen molar-refractivity contribution in [2.24, 2.45) is 0 Å². The molecule has 0 fully saturated rings. The molecule has 1 aromatic carbocycles. The minimum absolute atomic E-state index is 0.0940. The Morgan fingerprint density at radius 1 is 1.13 bits per heavy atom. The van der Waals surface area contributed by atoms with Gasteiger partial charge in [-0.25, -0.2) is 0 Å². The van der Waals surface area contributed by atoms with E-state index in [9.17, 15) is 4.79 Å². The minimum Gasteiger partial charge on any atom is -0.496 e. The van der Waals surface area contributed by atoms with Crippen molar-refractivity contribution in [1.29, 1.82) is 0 Å². The Morgan fingerprint density at radius 2 is 1.91 bits per heavy atom. The summed E-state index contributed by atoms with van der Waals surface area (Å²) in [5.74, 6) is 0.697. The molecular weight excluding hydrogens is 286 g/mol. The molecule has 0 bridgehead atoms. The van der Waals surface area contributed by atoms with Gasteiger partial charge >= 0.3 is 0 Å². The van der Waals surface area contributed by atoms with Crippen molar-refractivity contribution < 1.29 is 9.53 Å². The first kappa shape index (κ1) is 19.0. The molecular formula is C20H29NO2. The number of carbonyl (C=O) groups is 1. The van der Waals surface area contributed by atoms with Crippen molar-refractivity contribution in [3.05, 3.63) is 54.1 Å². The molecule has 0 saturated heterocycles. The third-order valence-electron chi connectivity index (χ3n) is 3.61. The number of amides is 1. The summed E-state index contributed by atoms with van der Waals surface area (Å²) in [5.41, 5.74) is 0.972. The summed E-state index contributed by atoms with van der Waals surface area (Å²) in [7, 11) is 1.63. The van der Waals surface area contributed by atoms with E-state index in [4.69, 9.17) is 4.74 Å². The second-order valence-electron chi connectivity index (χ2n) is 5.52. The van der Waals surface area contributed by atoms with Crippen LogP contribution in [0.2, 0.25) is 0 Å². The highest BCUT2D eigenvalue weighted by Gasteiger charge is 2.02. The number of allylic oxidation sites excluding steroid dienone is 3. The highest BCUT2D eigenvalue weighted by atomic mass is 16.5. The van der Waals surface area contributed by atoms with Crippen LogP contribution < -0.4 is 10.1 Å². The molecule has 0 aliphatic heterocycles. The first-order valence-electron chi connectivity index (χ1n) is 8.50. The van der Waals surface area contributed by atoms with Crippen LogP contribution in [0, 0.1) is 0 Å². The fourth-order valence-corrected chi connectivity index (χ4v) is 2.27. The van der Waals surface area contributed by atoms with Gasteiger partial charge in [-0.15, -0.1) is 0 Å². The summed E-state index contributed by atoms with van der Waals surface area (Å²) in [6, 6.07) is 7.68. The molecule has 3 nitrogen and oxygen atoms in total. The Bertz CT molecular complexity index is 506. The molecule has 23 heavy (non-hydrogen) atoms. The van der Waals surface area contributed by atoms with E-state index >= 15 is 0 Å². The lowest BCUT2D eigenvalue weighted by Crippen LogP contribution is -2.20. The molecule has 1 aromatic rings. The van der Waals surface area contributed by atoms with Crippen molar-refractivity contribution in [2.75, 3.05) is 7.11 Å². The fourth-order valence-electron chi connectivity index (χ4n) is 2.27. The summed E-state index contributed by atoms with van der Waals surface area (Å²) < 4.78 is 5.26. The predicted molar refractivity (Wildman–Crippen MR) is 96.5 cm³/mol. The van der Waals surface area contributed by atoms with Crippen LogP contribution in [0.3, 0.4) is 0 Å². The summed E-state index contributed by atoms with van der Waals surface area (Å²) in [6.45, 7) is 2.69. The second kappa shape index (κ2) is 12.5. The maximum absolute atomic E-state index is 11.8. The molecule has 0 saturated carbocycles. The Kier molecular flexibility index (Phi) is 10.3. The van der Waals surface area contributed by atoms with Crippen LogP contribution in [-0.2, 0) is 11.3 Å². The predicted octanol–water partition coefficient (Wildman–Crippen LogP) is 4.78. The first-order chi connectivity index (χ1) is 11.3. The van der Waals surface area contributed by atoms with Gasteiger partial charge in [-0.05, 0) is 18.9 Å². The quantitative estimate of drug-likeness (QED) is 0.362. The van der Waals surface area contributed by atoms with E-state index in [-0.39, 0.29) is 5.91 Å². The van der Waals surface area contributed by atoms with Gasteiger partial charge in [0.15, 0.2) is 0 Å². The third-order valence-corrected chi connectivity index (χ3v) is 3.61. The molecule has 3 heteroatoms. The van der Waals surface area contributed by atoms with Gasteiger partial charge in [0.25, 0.3) is 0 Å². The van der Waals surface area contributed by atoms with Gasteiger partial charge in [0.05, 0.1) is 7.11 Å². The molecule has 0 atom stereocenters. The molecule has 0 radical (unpaired) electrons. The van der Waals surface area contributed by atoms with Gasteiger partial charge in [0.2, 0.25) is 5.91 Å². The Balaban J connectivity index is 2.20. The number of para-hydroxylation sites is 1. The maximum Gasteiger partial charge on any atom is 0.244 e. The van der Waals surface area contributed by atoms with Crippen LogP contribution in [0.25, 0.3) is 0 Å². The lowest BCUT2D eigenvalue weighted by atomic mass is 10.1. The molecule has 1 amide bonds. The minimum atomic E-state index is -0.0940. The zero-order valence-electron chi connectivity index (χ0n) is 14.4. The van der Waals surface area contributed by atoms with Crippen molar-refractivity contribution in [3.8, 4) is 5.75 Å². The van der Waals surface area contributed by atoms with E-state index in [1.807, 2.05) is 30.3 Å². The number of hydrogen-bond donors (Lipinski definition) is 1. The summed E-state index contributed by atoms with van der Waals surface area (Å²) in [4.78, 5) is 11.8. The molecule has 0 spiro atoms. The number of nitrogens with one attached hydrogen (secondary N) is 1. The topological polar surface area (TPSA) is 38.3 Å². The number of hydrogen-bond acceptors (Lipinski definition) is 2. The molecule has 0 aliphatic carbocycles. The summed E-state index contributed by atoms with van der Waals surface area (Å²) >= 11 is 0. The van der Waals surface area contributed by atoms with Crippen molar-refractivity contribution >= 4 is 5.91 Å². The zero-order valence-corrected chi connectivity index (χ0v) is 14.4. The fraction of sp³-hybridized carbons (Fsp3) is 0.450. The van der Waals surface area contributed by atoms with Gasteiger partial charge in [0, 0.05) is 18.2 Å². The van der Waals surface area contributed by atoms with Crippen LogP contribution in [0.15, 0.2) is 48.6 Å². The number of unbranched alkanes of at least 4 members (excludes halogenated alkanes) is 5. The average Bonchev–Trinajstić information content (AvgIpc) is 2.58. The average molecular weight is 315 g/mol. The number of benzene rings is 1. The maximum atomic E-state index is 11.8. The van der Waals surface area contributed by atoms with E-state index in [1.54, 1.807) is 19.3 Å². The number of methoxy groups -OCH3 is 1. The van der Waals surface area contributed by atoms with Gasteiger partial charge in [-0.3, -0.25) is 4.79 Å². The monoisotopic (exact) mass is 315 g/mol. The molecule has 126 valence electrons. The van der Waals surface area contributed by atoms with E-state index in [0.29, 0.717) is 6.54 Å². The number of rotatable bonds is 11. The van der Waals surface area contributed by atoms with Crippen LogP contribution in [0.1, 0.15) is 51.0 Å². The van der Waals surface area contributed by atoms with Crippen LogP contribution in [0.5, 0.6) is 5.75 Å². The highest BCUT2D eigenvalue weighted by Crippen LogP contribution is 2.16. The molecule has 1 N–H and O–H groups in total. The van der Waals surface area contributed by atoms with Crippen molar-refractivity contribution in [1.82, 2.24) is 5.32 Å². The highest BCUT2D eigenvalue weighted by molar-refractivity contribution is 5.87. The Morgan fingerprint density at radius 3 is 2.70 bits per heavy atom.